The zero-order valence-electron chi connectivity index (χ0n) is 14.6. The van der Waals surface area contributed by atoms with Crippen LogP contribution < -0.4 is 10.2 Å². The molecule has 25 heavy (non-hydrogen) atoms. The van der Waals surface area contributed by atoms with Crippen LogP contribution in [0.2, 0.25) is 0 Å². The minimum absolute atomic E-state index is 0.113. The predicted octanol–water partition coefficient (Wildman–Crippen LogP) is 4.10. The van der Waals surface area contributed by atoms with Gasteiger partial charge in [-0.2, -0.15) is 0 Å². The third-order valence-electron chi connectivity index (χ3n) is 4.64. The second-order valence-corrected chi connectivity index (χ2v) is 6.50. The van der Waals surface area contributed by atoms with E-state index < -0.39 is 0 Å². The van der Waals surface area contributed by atoms with Gasteiger partial charge in [0, 0.05) is 30.9 Å². The molecule has 1 heterocycles. The highest BCUT2D eigenvalue weighted by atomic mass is 19.1. The van der Waals surface area contributed by atoms with Gasteiger partial charge in [-0.25, -0.2) is 4.39 Å². The monoisotopic (exact) mass is 338 g/mol. The van der Waals surface area contributed by atoms with Gasteiger partial charge in [0.2, 0.25) is 5.91 Å². The van der Waals surface area contributed by atoms with Gasteiger partial charge >= 0.3 is 0 Å². The van der Waals surface area contributed by atoms with Gasteiger partial charge in [0.05, 0.1) is 6.04 Å². The lowest BCUT2D eigenvalue weighted by Crippen LogP contribution is -2.27. The van der Waals surface area contributed by atoms with E-state index in [1.165, 1.54) is 35.9 Å². The maximum absolute atomic E-state index is 13.6. The van der Waals surface area contributed by atoms with E-state index in [9.17, 15) is 9.18 Å². The summed E-state index contributed by atoms with van der Waals surface area (Å²) in [6.07, 6.45) is 5.15. The molecule has 1 amide bonds. The number of rotatable bonds is 4. The van der Waals surface area contributed by atoms with Crippen molar-refractivity contribution in [1.29, 1.82) is 0 Å². The zero-order valence-corrected chi connectivity index (χ0v) is 14.6. The van der Waals surface area contributed by atoms with Crippen molar-refractivity contribution in [2.24, 2.45) is 0 Å². The number of nitrogens with zero attached hydrogens (tertiary/aromatic N) is 1. The molecular formula is C21H23FN2O. The molecule has 0 saturated carbocycles. The molecule has 1 atom stereocenters. The highest BCUT2D eigenvalue weighted by Gasteiger charge is 2.16. The maximum Gasteiger partial charge on any atom is 0.244 e. The van der Waals surface area contributed by atoms with Crippen LogP contribution in [0.4, 0.5) is 10.1 Å². The second-order valence-electron chi connectivity index (χ2n) is 6.50. The molecule has 1 aliphatic heterocycles. The number of anilines is 1. The Morgan fingerprint density at radius 2 is 2.08 bits per heavy atom. The van der Waals surface area contributed by atoms with Crippen LogP contribution in [-0.4, -0.2) is 19.5 Å². The lowest BCUT2D eigenvalue weighted by molar-refractivity contribution is -0.117. The van der Waals surface area contributed by atoms with Gasteiger partial charge in [0.1, 0.15) is 5.82 Å². The van der Waals surface area contributed by atoms with E-state index in [4.69, 9.17) is 0 Å². The third-order valence-corrected chi connectivity index (χ3v) is 4.64. The number of nitrogens with one attached hydrogen (secondary N) is 1. The van der Waals surface area contributed by atoms with Gasteiger partial charge in [-0.15, -0.1) is 0 Å². The molecule has 0 aromatic heterocycles. The van der Waals surface area contributed by atoms with Crippen LogP contribution in [0.3, 0.4) is 0 Å². The fourth-order valence-electron chi connectivity index (χ4n) is 3.16. The minimum Gasteiger partial charge on any atom is -0.374 e. The largest absolute Gasteiger partial charge is 0.374 e. The Bertz CT molecular complexity index is 800. The number of amides is 1. The molecule has 1 aliphatic rings. The number of hydrogen-bond donors (Lipinski definition) is 1. The summed E-state index contributed by atoms with van der Waals surface area (Å²) in [4.78, 5) is 14.4. The van der Waals surface area contributed by atoms with Crippen LogP contribution in [0.1, 0.15) is 36.1 Å². The van der Waals surface area contributed by atoms with E-state index in [2.05, 4.69) is 35.5 Å². The Kier molecular flexibility index (Phi) is 5.17. The fraction of sp³-hybridized carbons (Fsp3) is 0.286. The fourth-order valence-corrected chi connectivity index (χ4v) is 3.16. The lowest BCUT2D eigenvalue weighted by atomic mass is 9.97. The van der Waals surface area contributed by atoms with Crippen molar-refractivity contribution in [2.45, 2.75) is 25.8 Å². The van der Waals surface area contributed by atoms with Crippen molar-refractivity contribution in [3.05, 3.63) is 71.0 Å². The number of aryl methyl sites for hydroxylation is 1. The molecule has 3 rings (SSSR count). The van der Waals surface area contributed by atoms with Crippen molar-refractivity contribution in [2.75, 3.05) is 18.5 Å². The summed E-state index contributed by atoms with van der Waals surface area (Å²) < 4.78 is 13.6. The number of fused-ring (bicyclic) bond motifs is 1. The SMILES string of the molecule is CC(NC(=O)/C=C/c1ccccc1F)c1ccc2c(c1)N(C)CCC2. The maximum atomic E-state index is 13.6. The highest BCUT2D eigenvalue weighted by molar-refractivity contribution is 5.92. The quantitative estimate of drug-likeness (QED) is 0.851. The summed E-state index contributed by atoms with van der Waals surface area (Å²) in [5, 5.41) is 2.94. The summed E-state index contributed by atoms with van der Waals surface area (Å²) in [6, 6.07) is 12.7. The first kappa shape index (κ1) is 17.2. The molecule has 4 heteroatoms. The van der Waals surface area contributed by atoms with Crippen LogP contribution in [0, 0.1) is 5.82 Å². The Balaban J connectivity index is 1.68. The van der Waals surface area contributed by atoms with Gasteiger partial charge in [0.25, 0.3) is 0 Å². The lowest BCUT2D eigenvalue weighted by Gasteiger charge is -2.28. The Morgan fingerprint density at radius 1 is 1.28 bits per heavy atom. The minimum atomic E-state index is -0.336. The molecule has 0 bridgehead atoms. The van der Waals surface area contributed by atoms with E-state index in [0.29, 0.717) is 5.56 Å². The summed E-state index contributed by atoms with van der Waals surface area (Å²) in [5.41, 5.74) is 4.07. The average Bonchev–Trinajstić information content (AvgIpc) is 2.61. The Hall–Kier alpha value is -2.62. The highest BCUT2D eigenvalue weighted by Crippen LogP contribution is 2.29. The number of benzene rings is 2. The van der Waals surface area contributed by atoms with Crippen molar-refractivity contribution >= 4 is 17.7 Å². The normalized spacial score (nSPS) is 15.1. The third kappa shape index (κ3) is 4.08. The predicted molar refractivity (Wildman–Crippen MR) is 100 cm³/mol. The first-order chi connectivity index (χ1) is 12.0. The van der Waals surface area contributed by atoms with Crippen molar-refractivity contribution in [3.63, 3.8) is 0 Å². The molecule has 1 N–H and O–H groups in total. The Morgan fingerprint density at radius 3 is 2.88 bits per heavy atom. The molecule has 0 saturated heterocycles. The van der Waals surface area contributed by atoms with Crippen LogP contribution in [0.25, 0.3) is 6.08 Å². The molecule has 0 aliphatic carbocycles. The molecule has 1 unspecified atom stereocenters. The molecule has 2 aromatic carbocycles. The molecule has 130 valence electrons. The number of hydrogen-bond acceptors (Lipinski definition) is 2. The number of carbonyl (C=O) groups is 1. The van der Waals surface area contributed by atoms with Crippen LogP contribution in [0.15, 0.2) is 48.5 Å². The van der Waals surface area contributed by atoms with E-state index >= 15 is 0 Å². The molecule has 3 nitrogen and oxygen atoms in total. The van der Waals surface area contributed by atoms with E-state index in [1.54, 1.807) is 18.2 Å². The first-order valence-electron chi connectivity index (χ1n) is 8.61. The van der Waals surface area contributed by atoms with E-state index in [1.807, 2.05) is 6.92 Å². The molecule has 2 aromatic rings. The van der Waals surface area contributed by atoms with E-state index in [-0.39, 0.29) is 17.8 Å². The topological polar surface area (TPSA) is 32.3 Å². The second kappa shape index (κ2) is 7.51. The first-order valence-corrected chi connectivity index (χ1v) is 8.61. The number of carbonyl (C=O) groups excluding carboxylic acids is 1. The van der Waals surface area contributed by atoms with Gasteiger partial charge in [-0.05, 0) is 49.1 Å². The average molecular weight is 338 g/mol. The number of halogens is 1. The Labute approximate surface area is 148 Å². The molecule has 0 radical (unpaired) electrons. The van der Waals surface area contributed by atoms with Gasteiger partial charge in [-0.1, -0.05) is 30.3 Å². The van der Waals surface area contributed by atoms with Crippen LogP contribution >= 0.6 is 0 Å². The molecule has 0 fully saturated rings. The van der Waals surface area contributed by atoms with Crippen molar-refractivity contribution in [3.8, 4) is 0 Å². The molecule has 0 spiro atoms. The molecular weight excluding hydrogens is 315 g/mol. The van der Waals surface area contributed by atoms with Gasteiger partial charge in [0.15, 0.2) is 0 Å². The van der Waals surface area contributed by atoms with Crippen molar-refractivity contribution < 1.29 is 9.18 Å². The standard InChI is InChI=1S/C21H23FN2O/c1-15(18-10-9-17-7-5-13-24(2)20(17)14-18)23-21(25)12-11-16-6-3-4-8-19(16)22/h3-4,6,8-12,14-15H,5,7,13H2,1-2H3,(H,23,25)/b12-11+. The van der Waals surface area contributed by atoms with Gasteiger partial charge in [-0.3, -0.25) is 4.79 Å². The smallest absolute Gasteiger partial charge is 0.244 e. The van der Waals surface area contributed by atoms with Crippen molar-refractivity contribution in [1.82, 2.24) is 5.32 Å². The van der Waals surface area contributed by atoms with E-state index in [0.717, 1.165) is 18.5 Å². The van der Waals surface area contributed by atoms with Gasteiger partial charge < -0.3 is 10.2 Å². The van der Waals surface area contributed by atoms with Crippen LogP contribution in [-0.2, 0) is 11.2 Å². The van der Waals surface area contributed by atoms with Crippen LogP contribution in [0.5, 0.6) is 0 Å². The summed E-state index contributed by atoms with van der Waals surface area (Å²) in [7, 11) is 2.10. The summed E-state index contributed by atoms with van der Waals surface area (Å²) >= 11 is 0. The summed E-state index contributed by atoms with van der Waals surface area (Å²) in [5.74, 6) is -0.570. The summed E-state index contributed by atoms with van der Waals surface area (Å²) in [6.45, 7) is 3.02. The zero-order chi connectivity index (χ0) is 17.8.